The maximum Gasteiger partial charge on any atom is 0.165 e. The fourth-order valence-corrected chi connectivity index (χ4v) is 13.1. The van der Waals surface area contributed by atoms with E-state index in [0.717, 1.165) is 65.3 Å². The van der Waals surface area contributed by atoms with E-state index >= 15 is 0 Å². The van der Waals surface area contributed by atoms with E-state index in [9.17, 15) is 0 Å². The van der Waals surface area contributed by atoms with Crippen LogP contribution in [0.4, 0.5) is 0 Å². The molecule has 7 aromatic carbocycles. The second-order valence-corrected chi connectivity index (χ2v) is 20.1. The minimum absolute atomic E-state index is 0.603. The number of thiophene rings is 1. The van der Waals surface area contributed by atoms with Crippen molar-refractivity contribution in [2.45, 2.75) is 13.1 Å². The molecule has 1 aliphatic heterocycles. The van der Waals surface area contributed by atoms with Gasteiger partial charge in [0.05, 0.1) is 0 Å². The van der Waals surface area contributed by atoms with E-state index in [4.69, 9.17) is 23.8 Å². The molecule has 0 amide bonds. The lowest BCUT2D eigenvalue weighted by Crippen LogP contribution is -2.49. The molecule has 54 heavy (non-hydrogen) atoms. The van der Waals surface area contributed by atoms with Gasteiger partial charge in [0.1, 0.15) is 30.4 Å². The average Bonchev–Trinajstić information content (AvgIpc) is 3.96. The zero-order valence-electron chi connectivity index (χ0n) is 29.3. The number of furan rings is 2. The van der Waals surface area contributed by atoms with Gasteiger partial charge in [-0.15, -0.1) is 11.3 Å². The molecule has 12 rings (SSSR count). The molecule has 5 heterocycles. The van der Waals surface area contributed by atoms with Gasteiger partial charge in [-0.05, 0) is 52.3 Å². The first kappa shape index (κ1) is 30.1. The topological polar surface area (TPSA) is 65.0 Å². The molecule has 0 spiro atoms. The maximum absolute atomic E-state index is 6.86. The van der Waals surface area contributed by atoms with Crippen molar-refractivity contribution in [3.8, 4) is 45.3 Å². The molecule has 7 heteroatoms. The van der Waals surface area contributed by atoms with Crippen molar-refractivity contribution in [2.75, 3.05) is 0 Å². The molecule has 0 unspecified atom stereocenters. The van der Waals surface area contributed by atoms with Gasteiger partial charge < -0.3 is 8.83 Å². The number of aromatic nitrogens is 3. The van der Waals surface area contributed by atoms with Crippen LogP contribution in [0, 0.1) is 0 Å². The summed E-state index contributed by atoms with van der Waals surface area (Å²) in [7, 11) is -2.12. The second kappa shape index (κ2) is 10.8. The van der Waals surface area contributed by atoms with Crippen LogP contribution in [0.15, 0.2) is 148 Å². The number of hydrogen-bond acceptors (Lipinski definition) is 6. The van der Waals surface area contributed by atoms with Crippen LogP contribution in [0.25, 0.3) is 109 Å². The van der Waals surface area contributed by atoms with Crippen molar-refractivity contribution in [1.29, 1.82) is 0 Å². The van der Waals surface area contributed by atoms with Crippen LogP contribution in [0.1, 0.15) is 0 Å². The standard InChI is InChI=1S/C47H29N3O2SSi/c1-54(2)38-24-10-6-16-30(38)42-39(54)25-33(41-29-15-4-8-21-35(29)52-43(41)42)47-49-45(31-18-12-22-36-40(31)28-14-3-7-20-34(28)51-36)48-46(50-47)32-19-11-17-27-26-13-5-9-23-37(26)53-44(27)32/h3-25H,1-2H3. The van der Waals surface area contributed by atoms with Crippen LogP contribution >= 0.6 is 11.3 Å². The number of para-hydroxylation sites is 2. The zero-order chi connectivity index (χ0) is 35.7. The Hall–Kier alpha value is -6.41. The van der Waals surface area contributed by atoms with E-state index in [0.29, 0.717) is 17.5 Å². The minimum Gasteiger partial charge on any atom is -0.456 e. The molecule has 0 atom stereocenters. The lowest BCUT2D eigenvalue weighted by molar-refractivity contribution is 0.669. The summed E-state index contributed by atoms with van der Waals surface area (Å²) in [5.74, 6) is 1.86. The smallest absolute Gasteiger partial charge is 0.165 e. The molecule has 0 fully saturated rings. The van der Waals surface area contributed by atoms with Crippen molar-refractivity contribution in [3.05, 3.63) is 140 Å². The van der Waals surface area contributed by atoms with Gasteiger partial charge in [0.2, 0.25) is 0 Å². The third-order valence-electron chi connectivity index (χ3n) is 11.4. The molecule has 5 nitrogen and oxygen atoms in total. The molecule has 11 aromatic rings. The third kappa shape index (κ3) is 4.05. The molecule has 0 saturated heterocycles. The summed E-state index contributed by atoms with van der Waals surface area (Å²) >= 11 is 1.78. The first-order valence-electron chi connectivity index (χ1n) is 18.2. The first-order valence-corrected chi connectivity index (χ1v) is 22.0. The monoisotopic (exact) mass is 727 g/mol. The Morgan fingerprint density at radius 2 is 1.04 bits per heavy atom. The van der Waals surface area contributed by atoms with E-state index in [1.165, 1.54) is 37.0 Å². The highest BCUT2D eigenvalue weighted by Gasteiger charge is 2.40. The van der Waals surface area contributed by atoms with Gasteiger partial charge in [0.25, 0.3) is 0 Å². The molecule has 0 radical (unpaired) electrons. The molecule has 0 saturated carbocycles. The number of rotatable bonds is 3. The van der Waals surface area contributed by atoms with Crippen molar-refractivity contribution in [2.24, 2.45) is 0 Å². The molecule has 1 aliphatic rings. The largest absolute Gasteiger partial charge is 0.456 e. The van der Waals surface area contributed by atoms with Gasteiger partial charge in [-0.2, -0.15) is 0 Å². The molecule has 0 N–H and O–H groups in total. The summed E-state index contributed by atoms with van der Waals surface area (Å²) in [6.07, 6.45) is 0. The summed E-state index contributed by atoms with van der Waals surface area (Å²) in [4.78, 5) is 16.2. The van der Waals surface area contributed by atoms with Gasteiger partial charge in [0.15, 0.2) is 17.5 Å². The van der Waals surface area contributed by atoms with Crippen molar-refractivity contribution < 1.29 is 8.83 Å². The Labute approximate surface area is 314 Å². The normalized spacial score (nSPS) is 13.5. The Morgan fingerprint density at radius 1 is 0.463 bits per heavy atom. The Kier molecular flexibility index (Phi) is 6.03. The Bertz CT molecular complexity index is 3390. The van der Waals surface area contributed by atoms with Crippen LogP contribution in [-0.2, 0) is 0 Å². The fraction of sp³-hybridized carbons (Fsp3) is 0.0426. The highest BCUT2D eigenvalue weighted by atomic mass is 32.1. The predicted molar refractivity (Wildman–Crippen MR) is 226 cm³/mol. The molecule has 4 aromatic heterocycles. The van der Waals surface area contributed by atoms with E-state index in [-0.39, 0.29) is 0 Å². The molecular formula is C47H29N3O2SSi. The summed E-state index contributed by atoms with van der Waals surface area (Å²) in [5.41, 5.74) is 8.71. The van der Waals surface area contributed by atoms with Crippen LogP contribution in [0.3, 0.4) is 0 Å². The number of nitrogens with zero attached hydrogens (tertiary/aromatic N) is 3. The van der Waals surface area contributed by atoms with E-state index in [2.05, 4.69) is 122 Å². The van der Waals surface area contributed by atoms with Crippen molar-refractivity contribution in [1.82, 2.24) is 15.0 Å². The predicted octanol–water partition coefficient (Wildman–Crippen LogP) is 11.8. The fourth-order valence-electron chi connectivity index (χ4n) is 8.85. The average molecular weight is 728 g/mol. The number of fused-ring (bicyclic) bond motifs is 13. The van der Waals surface area contributed by atoms with E-state index in [1.54, 1.807) is 11.3 Å². The lowest BCUT2D eigenvalue weighted by atomic mass is 9.98. The van der Waals surface area contributed by atoms with E-state index in [1.807, 2.05) is 30.3 Å². The van der Waals surface area contributed by atoms with Gasteiger partial charge >= 0.3 is 0 Å². The summed E-state index contributed by atoms with van der Waals surface area (Å²) in [6, 6.07) is 49.0. The van der Waals surface area contributed by atoms with E-state index < -0.39 is 8.07 Å². The Balaban J connectivity index is 1.22. The number of benzene rings is 7. The van der Waals surface area contributed by atoms with Gasteiger partial charge in [-0.1, -0.05) is 116 Å². The Morgan fingerprint density at radius 3 is 1.87 bits per heavy atom. The van der Waals surface area contributed by atoms with Crippen LogP contribution < -0.4 is 10.4 Å². The summed E-state index contributed by atoms with van der Waals surface area (Å²) < 4.78 is 15.6. The van der Waals surface area contributed by atoms with Crippen LogP contribution in [0.2, 0.25) is 13.1 Å². The summed E-state index contributed by atoms with van der Waals surface area (Å²) in [5, 5.41) is 9.30. The van der Waals surface area contributed by atoms with Gasteiger partial charge in [-0.25, -0.2) is 15.0 Å². The van der Waals surface area contributed by atoms with Gasteiger partial charge in [0, 0.05) is 64.0 Å². The minimum atomic E-state index is -2.12. The summed E-state index contributed by atoms with van der Waals surface area (Å²) in [6.45, 7) is 4.88. The highest BCUT2D eigenvalue weighted by molar-refractivity contribution is 7.26. The second-order valence-electron chi connectivity index (χ2n) is 14.7. The molecular weight excluding hydrogens is 699 g/mol. The molecule has 0 aliphatic carbocycles. The zero-order valence-corrected chi connectivity index (χ0v) is 31.2. The first-order chi connectivity index (χ1) is 26.5. The maximum atomic E-state index is 6.86. The van der Waals surface area contributed by atoms with Crippen LogP contribution in [-0.4, -0.2) is 23.0 Å². The lowest BCUT2D eigenvalue weighted by Gasteiger charge is -2.19. The molecule has 0 bridgehead atoms. The SMILES string of the molecule is C[Si]1(C)c2ccccc2-c2c1cc(-c1nc(-c3cccc4c3sc3ccccc34)nc(-c3cccc4oc5ccccc5c34)n1)c1c2oc2ccccc21. The van der Waals surface area contributed by atoms with Crippen LogP contribution in [0.5, 0.6) is 0 Å². The van der Waals surface area contributed by atoms with Crippen molar-refractivity contribution >= 4 is 93.8 Å². The molecule has 254 valence electrons. The number of hydrogen-bond donors (Lipinski definition) is 0. The third-order valence-corrected chi connectivity index (χ3v) is 16.1. The highest BCUT2D eigenvalue weighted by Crippen LogP contribution is 2.45. The quantitative estimate of drug-likeness (QED) is 0.170. The van der Waals surface area contributed by atoms with Gasteiger partial charge in [-0.3, -0.25) is 0 Å². The van der Waals surface area contributed by atoms with Crippen molar-refractivity contribution in [3.63, 3.8) is 0 Å².